The minimum absolute atomic E-state index is 0.0149. The molecule has 0 aromatic heterocycles. The lowest BCUT2D eigenvalue weighted by atomic mass is 10.1. The van der Waals surface area contributed by atoms with E-state index in [1.807, 2.05) is 13.8 Å². The fraction of sp³-hybridized carbons (Fsp3) is 0.318. The van der Waals surface area contributed by atoms with Crippen LogP contribution in [0.1, 0.15) is 25.0 Å². The van der Waals surface area contributed by atoms with Gasteiger partial charge in [-0.1, -0.05) is 31.4 Å². The smallest absolute Gasteiger partial charge is 0.416 e. The molecule has 2 aromatic rings. The lowest BCUT2D eigenvalue weighted by molar-refractivity contribution is -0.137. The van der Waals surface area contributed by atoms with Gasteiger partial charge in [-0.05, 0) is 54.7 Å². The molecule has 32 heavy (non-hydrogen) atoms. The van der Waals surface area contributed by atoms with Gasteiger partial charge in [0.1, 0.15) is 12.4 Å². The average molecular weight is 468 g/mol. The average Bonchev–Trinajstić information content (AvgIpc) is 2.75. The summed E-state index contributed by atoms with van der Waals surface area (Å²) in [5.41, 5.74) is -0.567. The van der Waals surface area contributed by atoms with Crippen LogP contribution in [0.2, 0.25) is 5.02 Å². The Morgan fingerprint density at radius 2 is 1.91 bits per heavy atom. The van der Waals surface area contributed by atoms with Crippen molar-refractivity contribution in [1.29, 1.82) is 0 Å². The van der Waals surface area contributed by atoms with Crippen LogP contribution in [0.5, 0.6) is 5.75 Å². The Balaban J connectivity index is 2.04. The highest BCUT2D eigenvalue weighted by Crippen LogP contribution is 2.32. The zero-order valence-corrected chi connectivity index (χ0v) is 18.2. The first-order valence-corrected chi connectivity index (χ1v) is 10.1. The van der Waals surface area contributed by atoms with Gasteiger partial charge in [0.2, 0.25) is 0 Å². The largest absolute Gasteiger partial charge is 0.490 e. The number of alkyl halides is 3. The third-order valence-corrected chi connectivity index (χ3v) is 4.79. The molecule has 0 heterocycles. The molecule has 0 saturated heterocycles. The van der Waals surface area contributed by atoms with Gasteiger partial charge in [-0.25, -0.2) is 0 Å². The number of rotatable bonds is 8. The summed E-state index contributed by atoms with van der Waals surface area (Å²) in [5, 5.41) is 5.16. The molecule has 0 spiro atoms. The van der Waals surface area contributed by atoms with Crippen molar-refractivity contribution in [2.45, 2.75) is 20.0 Å². The van der Waals surface area contributed by atoms with Gasteiger partial charge in [-0.2, -0.15) is 13.2 Å². The minimum atomic E-state index is -4.53. The summed E-state index contributed by atoms with van der Waals surface area (Å²) in [5.74, 6) is 4.21. The van der Waals surface area contributed by atoms with E-state index < -0.39 is 17.6 Å². The number of ether oxygens (including phenoxy) is 1. The van der Waals surface area contributed by atoms with E-state index in [2.05, 4.69) is 27.2 Å². The summed E-state index contributed by atoms with van der Waals surface area (Å²) < 4.78 is 43.7. The maximum absolute atomic E-state index is 12.7. The van der Waals surface area contributed by atoms with Crippen molar-refractivity contribution in [3.05, 3.63) is 57.5 Å². The number of anilines is 1. The normalized spacial score (nSPS) is 11.0. The highest BCUT2D eigenvalue weighted by Gasteiger charge is 2.30. The molecule has 0 radical (unpaired) electrons. The Bertz CT molecular complexity index is 1030. The van der Waals surface area contributed by atoms with Crippen LogP contribution in [0, 0.1) is 16.7 Å². The van der Waals surface area contributed by atoms with Crippen molar-refractivity contribution >= 4 is 28.9 Å². The third-order valence-electron chi connectivity index (χ3n) is 4.48. The maximum atomic E-state index is 12.7. The number of likely N-dealkylation sites (N-methyl/N-ethyl adjacent to an activating group) is 1. The van der Waals surface area contributed by atoms with E-state index in [0.29, 0.717) is 13.2 Å². The van der Waals surface area contributed by atoms with Gasteiger partial charge in [0.15, 0.2) is 5.69 Å². The molecule has 10 heteroatoms. The highest BCUT2D eigenvalue weighted by atomic mass is 35.5. The summed E-state index contributed by atoms with van der Waals surface area (Å²) in [6.45, 7) is 6.88. The molecule has 0 aliphatic carbocycles. The van der Waals surface area contributed by atoms with E-state index in [-0.39, 0.29) is 27.7 Å². The summed E-state index contributed by atoms with van der Waals surface area (Å²) in [4.78, 5) is 25.4. The van der Waals surface area contributed by atoms with Gasteiger partial charge in [0.25, 0.3) is 0 Å². The number of hydrogen-bond acceptors (Lipinski definition) is 5. The number of carbonyl (C=O) groups excluding carboxylic acids is 1. The molecule has 0 aliphatic rings. The fourth-order valence-corrected chi connectivity index (χ4v) is 2.92. The van der Waals surface area contributed by atoms with E-state index in [0.717, 1.165) is 31.3 Å². The van der Waals surface area contributed by atoms with Crippen molar-refractivity contribution in [3.8, 4) is 17.6 Å². The zero-order chi connectivity index (χ0) is 23.7. The molecule has 170 valence electrons. The molecule has 0 saturated carbocycles. The summed E-state index contributed by atoms with van der Waals surface area (Å²) >= 11 is 5.82. The molecule has 2 aromatic carbocycles. The van der Waals surface area contributed by atoms with Gasteiger partial charge < -0.3 is 15.0 Å². The highest BCUT2D eigenvalue weighted by molar-refractivity contribution is 6.31. The molecular weight excluding hydrogens is 447 g/mol. The quantitative estimate of drug-likeness (QED) is 0.413. The van der Waals surface area contributed by atoms with Gasteiger partial charge in [0, 0.05) is 23.7 Å². The number of benzene rings is 2. The van der Waals surface area contributed by atoms with Crippen LogP contribution in [-0.2, 0) is 11.0 Å². The number of nitrogens with zero attached hydrogens (tertiary/aromatic N) is 2. The summed E-state index contributed by atoms with van der Waals surface area (Å²) in [6, 6.07) is 7.02. The van der Waals surface area contributed by atoms with Crippen LogP contribution in [0.4, 0.5) is 24.5 Å². The molecule has 0 bridgehead atoms. The number of amides is 1. The number of halogens is 4. The van der Waals surface area contributed by atoms with E-state index >= 15 is 0 Å². The zero-order valence-electron chi connectivity index (χ0n) is 17.4. The molecule has 0 aliphatic heterocycles. The number of nitrogens with one attached hydrogen (secondary N) is 1. The first-order chi connectivity index (χ1) is 15.2. The SMILES string of the molecule is CCN(CC)CCOc1ccc(NC(=O)C#Cc2ccc(C(F)(F)F)cc2Cl)cc1N=O. The van der Waals surface area contributed by atoms with E-state index in [4.69, 9.17) is 16.3 Å². The Morgan fingerprint density at radius 3 is 2.50 bits per heavy atom. The maximum Gasteiger partial charge on any atom is 0.416 e. The fourth-order valence-electron chi connectivity index (χ4n) is 2.69. The number of hydrogen-bond donors (Lipinski definition) is 1. The van der Waals surface area contributed by atoms with Crippen LogP contribution in [-0.4, -0.2) is 37.0 Å². The molecule has 1 N–H and O–H groups in total. The van der Waals surface area contributed by atoms with Crippen molar-refractivity contribution in [2.75, 3.05) is 31.6 Å². The molecule has 0 fully saturated rings. The Hall–Kier alpha value is -3.09. The second-order valence-corrected chi connectivity index (χ2v) is 6.95. The minimum Gasteiger partial charge on any atom is -0.490 e. The van der Waals surface area contributed by atoms with Crippen molar-refractivity contribution in [1.82, 2.24) is 4.90 Å². The topological polar surface area (TPSA) is 71.0 Å². The number of carbonyl (C=O) groups is 1. The van der Waals surface area contributed by atoms with Gasteiger partial charge in [-0.3, -0.25) is 4.79 Å². The van der Waals surface area contributed by atoms with E-state index in [1.54, 1.807) is 0 Å². The third kappa shape index (κ3) is 7.25. The van der Waals surface area contributed by atoms with Gasteiger partial charge in [-0.15, -0.1) is 4.91 Å². The van der Waals surface area contributed by atoms with Crippen LogP contribution >= 0.6 is 11.6 Å². The first-order valence-electron chi connectivity index (χ1n) is 9.70. The predicted molar refractivity (Wildman–Crippen MR) is 117 cm³/mol. The molecule has 1 amide bonds. The van der Waals surface area contributed by atoms with Crippen molar-refractivity contribution in [2.24, 2.45) is 5.18 Å². The summed E-state index contributed by atoms with van der Waals surface area (Å²) in [7, 11) is 0. The Labute approximate surface area is 188 Å². The molecule has 2 rings (SSSR count). The second kappa shape index (κ2) is 11.5. The van der Waals surface area contributed by atoms with E-state index in [1.165, 1.54) is 18.2 Å². The Kier molecular flexibility index (Phi) is 9.05. The standard InChI is InChI=1S/C22H21ClF3N3O3/c1-3-29(4-2)11-12-32-20-9-8-17(14-19(20)28-31)27-21(30)10-6-15-5-7-16(13-18(15)23)22(24,25)26/h5,7-9,13-14H,3-4,11-12H2,1-2H3,(H,27,30). The van der Waals surface area contributed by atoms with Crippen LogP contribution < -0.4 is 10.1 Å². The molecular formula is C22H21ClF3N3O3. The monoisotopic (exact) mass is 467 g/mol. The second-order valence-electron chi connectivity index (χ2n) is 6.55. The van der Waals surface area contributed by atoms with E-state index in [9.17, 15) is 22.9 Å². The predicted octanol–water partition coefficient (Wildman–Crippen LogP) is 5.47. The Morgan fingerprint density at radius 1 is 1.19 bits per heavy atom. The van der Waals surface area contributed by atoms with Crippen molar-refractivity contribution in [3.63, 3.8) is 0 Å². The molecule has 6 nitrogen and oxygen atoms in total. The molecule has 0 atom stereocenters. The first kappa shape index (κ1) is 25.2. The van der Waals surface area contributed by atoms with Crippen LogP contribution in [0.3, 0.4) is 0 Å². The van der Waals surface area contributed by atoms with Gasteiger partial charge in [0.05, 0.1) is 10.6 Å². The molecule has 0 unspecified atom stereocenters. The van der Waals surface area contributed by atoms with Crippen LogP contribution in [0.15, 0.2) is 41.6 Å². The van der Waals surface area contributed by atoms with Gasteiger partial charge >= 0.3 is 12.1 Å². The summed E-state index contributed by atoms with van der Waals surface area (Å²) in [6.07, 6.45) is -4.53. The number of nitroso groups, excluding NO2 is 1. The lowest BCUT2D eigenvalue weighted by Crippen LogP contribution is -2.27. The van der Waals surface area contributed by atoms with Crippen LogP contribution in [0.25, 0.3) is 0 Å². The van der Waals surface area contributed by atoms with Crippen molar-refractivity contribution < 1.29 is 22.7 Å². The lowest BCUT2D eigenvalue weighted by Gasteiger charge is -2.18.